The summed E-state index contributed by atoms with van der Waals surface area (Å²) in [6.07, 6.45) is 4.42. The molecule has 0 unspecified atom stereocenters. The van der Waals surface area contributed by atoms with Crippen molar-refractivity contribution in [3.8, 4) is 0 Å². The third kappa shape index (κ3) is 2.55. The number of benzene rings is 1. The number of para-hydroxylation sites is 1. The summed E-state index contributed by atoms with van der Waals surface area (Å²) in [6, 6.07) is 10.4. The average Bonchev–Trinajstić information content (AvgIpc) is 3.16. The number of hydrogen-bond donors (Lipinski definition) is 2. The predicted octanol–water partition coefficient (Wildman–Crippen LogP) is 4.49. The lowest BCUT2D eigenvalue weighted by Crippen LogP contribution is -1.95. The van der Waals surface area contributed by atoms with Crippen LogP contribution in [0.15, 0.2) is 41.8 Å². The van der Waals surface area contributed by atoms with Gasteiger partial charge in [-0.2, -0.15) is 5.10 Å². The number of aryl methyl sites for hydroxylation is 2. The fourth-order valence-electron chi connectivity index (χ4n) is 2.79. The molecule has 3 aromatic heterocycles. The molecule has 0 aliphatic carbocycles. The molecule has 0 aliphatic heterocycles. The highest BCUT2D eigenvalue weighted by Gasteiger charge is 2.08. The smallest absolute Gasteiger partial charge is 0.158 e. The zero-order valence-electron chi connectivity index (χ0n) is 13.5. The normalized spacial score (nSPS) is 11.8. The van der Waals surface area contributed by atoms with Crippen molar-refractivity contribution < 1.29 is 0 Å². The van der Waals surface area contributed by atoms with Gasteiger partial charge < -0.3 is 4.98 Å². The number of rotatable bonds is 4. The first-order valence-corrected chi connectivity index (χ1v) is 8.67. The van der Waals surface area contributed by atoms with Crippen LogP contribution in [-0.4, -0.2) is 21.2 Å². The Balaban J connectivity index is 1.66. The molecule has 5 nitrogen and oxygen atoms in total. The Labute approximate surface area is 143 Å². The van der Waals surface area contributed by atoms with Crippen LogP contribution in [0.3, 0.4) is 0 Å². The highest BCUT2D eigenvalue weighted by atomic mass is 32.1. The van der Waals surface area contributed by atoms with Crippen LogP contribution in [0.4, 0.5) is 5.82 Å². The highest BCUT2D eigenvalue weighted by molar-refractivity contribution is 7.18. The van der Waals surface area contributed by atoms with Gasteiger partial charge in [-0.1, -0.05) is 25.1 Å². The molecule has 6 heteroatoms. The van der Waals surface area contributed by atoms with Crippen LogP contribution in [0, 0.1) is 6.92 Å². The molecular formula is C18H17N5S. The summed E-state index contributed by atoms with van der Waals surface area (Å²) in [5.74, 6) is 0.740. The number of anilines is 1. The van der Waals surface area contributed by atoms with Crippen LogP contribution in [0.5, 0.6) is 0 Å². The van der Waals surface area contributed by atoms with Crippen molar-refractivity contribution in [3.63, 3.8) is 0 Å². The predicted molar refractivity (Wildman–Crippen MR) is 101 cm³/mol. The van der Waals surface area contributed by atoms with E-state index in [1.165, 1.54) is 4.88 Å². The Morgan fingerprint density at radius 2 is 2.12 bits per heavy atom. The van der Waals surface area contributed by atoms with Crippen LogP contribution in [0.1, 0.15) is 23.1 Å². The Kier molecular flexibility index (Phi) is 3.74. The maximum absolute atomic E-state index is 4.40. The second kappa shape index (κ2) is 6.05. The fraction of sp³-hybridized carbons (Fsp3) is 0.167. The molecule has 0 bridgehead atoms. The second-order valence-corrected chi connectivity index (χ2v) is 6.70. The van der Waals surface area contributed by atoms with Gasteiger partial charge >= 0.3 is 0 Å². The lowest BCUT2D eigenvalue weighted by molar-refractivity contribution is 1.18. The van der Waals surface area contributed by atoms with E-state index in [-0.39, 0.29) is 0 Å². The molecule has 4 aromatic rings. The van der Waals surface area contributed by atoms with Gasteiger partial charge in [-0.15, -0.1) is 11.3 Å². The van der Waals surface area contributed by atoms with E-state index < -0.39 is 0 Å². The van der Waals surface area contributed by atoms with Crippen molar-refractivity contribution >= 4 is 44.5 Å². The van der Waals surface area contributed by atoms with Gasteiger partial charge in [0.15, 0.2) is 5.82 Å². The number of nitrogens with zero attached hydrogens (tertiary/aromatic N) is 3. The van der Waals surface area contributed by atoms with E-state index in [9.17, 15) is 0 Å². The zero-order valence-corrected chi connectivity index (χ0v) is 14.3. The van der Waals surface area contributed by atoms with Gasteiger partial charge in [-0.3, -0.25) is 5.43 Å². The van der Waals surface area contributed by atoms with Crippen LogP contribution >= 0.6 is 11.3 Å². The van der Waals surface area contributed by atoms with Gasteiger partial charge in [-0.05, 0) is 25.5 Å². The van der Waals surface area contributed by atoms with Crippen LogP contribution < -0.4 is 5.43 Å². The molecule has 1 aromatic carbocycles. The number of H-pyrrole nitrogens is 1. The van der Waals surface area contributed by atoms with E-state index in [1.807, 2.05) is 18.3 Å². The summed E-state index contributed by atoms with van der Waals surface area (Å²) in [5, 5.41) is 6.58. The van der Waals surface area contributed by atoms with Crippen molar-refractivity contribution in [3.05, 3.63) is 52.8 Å². The van der Waals surface area contributed by atoms with Crippen molar-refractivity contribution in [1.29, 1.82) is 0 Å². The summed E-state index contributed by atoms with van der Waals surface area (Å²) >= 11 is 1.70. The first-order chi connectivity index (χ1) is 11.8. The minimum Gasteiger partial charge on any atom is -0.358 e. The molecule has 0 aliphatic rings. The number of hydrogen-bond acceptors (Lipinski definition) is 5. The largest absolute Gasteiger partial charge is 0.358 e. The number of aromatic nitrogens is 3. The Hall–Kier alpha value is -2.73. The van der Waals surface area contributed by atoms with Crippen LogP contribution in [0.2, 0.25) is 0 Å². The molecule has 0 atom stereocenters. The summed E-state index contributed by atoms with van der Waals surface area (Å²) in [7, 11) is 0. The SMILES string of the molecule is CCc1cc2c(N/N=C/c3c(C)[nH]c4ccccc34)ncnc2s1. The number of thiophene rings is 1. The number of aromatic amines is 1. The van der Waals surface area contributed by atoms with Crippen molar-refractivity contribution in [2.24, 2.45) is 5.10 Å². The summed E-state index contributed by atoms with van der Waals surface area (Å²) in [5.41, 5.74) is 6.37. The molecule has 0 amide bonds. The van der Waals surface area contributed by atoms with Gasteiger partial charge in [0.1, 0.15) is 11.2 Å². The van der Waals surface area contributed by atoms with Gasteiger partial charge in [0.05, 0.1) is 11.6 Å². The van der Waals surface area contributed by atoms with Crippen LogP contribution in [-0.2, 0) is 6.42 Å². The van der Waals surface area contributed by atoms with E-state index >= 15 is 0 Å². The average molecular weight is 335 g/mol. The van der Waals surface area contributed by atoms with Crippen LogP contribution in [0.25, 0.3) is 21.1 Å². The molecule has 2 N–H and O–H groups in total. The van der Waals surface area contributed by atoms with Crippen molar-refractivity contribution in [2.45, 2.75) is 20.3 Å². The van der Waals surface area contributed by atoms with E-state index in [1.54, 1.807) is 17.7 Å². The van der Waals surface area contributed by atoms with Gasteiger partial charge in [0.25, 0.3) is 0 Å². The van der Waals surface area contributed by atoms with E-state index in [4.69, 9.17) is 0 Å². The molecule has 0 spiro atoms. The van der Waals surface area contributed by atoms with E-state index in [2.05, 4.69) is 57.5 Å². The van der Waals surface area contributed by atoms with Crippen molar-refractivity contribution in [1.82, 2.24) is 15.0 Å². The summed E-state index contributed by atoms with van der Waals surface area (Å²) in [4.78, 5) is 14.3. The number of hydrazone groups is 1. The lowest BCUT2D eigenvalue weighted by Gasteiger charge is -2.00. The number of nitrogens with one attached hydrogen (secondary N) is 2. The molecule has 0 fully saturated rings. The third-order valence-electron chi connectivity index (χ3n) is 4.04. The standard InChI is InChI=1S/C18H17N5S/c1-3-12-8-14-17(19-10-20-18(14)24-12)23-21-9-15-11(2)22-16-7-5-4-6-13(15)16/h4-10,22H,3H2,1-2H3,(H,19,20,23)/b21-9+. The van der Waals surface area contributed by atoms with E-state index in [0.717, 1.165) is 44.6 Å². The molecule has 3 heterocycles. The van der Waals surface area contributed by atoms with E-state index in [0.29, 0.717) is 0 Å². The zero-order chi connectivity index (χ0) is 16.5. The molecule has 120 valence electrons. The minimum absolute atomic E-state index is 0.740. The molecule has 0 saturated carbocycles. The quantitative estimate of drug-likeness (QED) is 0.426. The second-order valence-electron chi connectivity index (χ2n) is 5.59. The summed E-state index contributed by atoms with van der Waals surface area (Å²) in [6.45, 7) is 4.19. The highest BCUT2D eigenvalue weighted by Crippen LogP contribution is 2.28. The minimum atomic E-state index is 0.740. The van der Waals surface area contributed by atoms with Gasteiger partial charge in [-0.25, -0.2) is 9.97 Å². The molecule has 24 heavy (non-hydrogen) atoms. The Morgan fingerprint density at radius 3 is 3.00 bits per heavy atom. The topological polar surface area (TPSA) is 66.0 Å². The third-order valence-corrected chi connectivity index (χ3v) is 5.22. The molecule has 0 radical (unpaired) electrons. The van der Waals surface area contributed by atoms with Crippen molar-refractivity contribution in [2.75, 3.05) is 5.43 Å². The molecule has 4 rings (SSSR count). The molecular weight excluding hydrogens is 318 g/mol. The first-order valence-electron chi connectivity index (χ1n) is 7.86. The Bertz CT molecular complexity index is 1040. The Morgan fingerprint density at radius 1 is 1.25 bits per heavy atom. The maximum Gasteiger partial charge on any atom is 0.158 e. The fourth-order valence-corrected chi connectivity index (χ4v) is 3.73. The van der Waals surface area contributed by atoms with Gasteiger partial charge in [0.2, 0.25) is 0 Å². The first kappa shape index (κ1) is 14.8. The number of fused-ring (bicyclic) bond motifs is 2. The lowest BCUT2D eigenvalue weighted by atomic mass is 10.1. The molecule has 0 saturated heterocycles. The maximum atomic E-state index is 4.40. The van der Waals surface area contributed by atoms with Gasteiger partial charge in [0, 0.05) is 27.0 Å². The monoisotopic (exact) mass is 335 g/mol. The summed E-state index contributed by atoms with van der Waals surface area (Å²) < 4.78 is 0.